The minimum Gasteiger partial charge on any atom is -0.497 e. The van der Waals surface area contributed by atoms with Gasteiger partial charge in [-0.2, -0.15) is 9.78 Å². The van der Waals surface area contributed by atoms with Crippen LogP contribution in [-0.4, -0.2) is 27.0 Å². The maximum Gasteiger partial charge on any atom is 0.282 e. The van der Waals surface area contributed by atoms with Gasteiger partial charge in [0.25, 0.3) is 5.56 Å². The SMILES string of the molecule is COc1ccc2nc3n(c(=O)c2c1)N=C(c1ccc(Cl)cc1)c1cccn1C3. The first-order chi connectivity index (χ1) is 13.6. The summed E-state index contributed by atoms with van der Waals surface area (Å²) in [6.07, 6.45) is 1.96. The fourth-order valence-electron chi connectivity index (χ4n) is 3.42. The van der Waals surface area contributed by atoms with E-state index in [0.29, 0.717) is 39.8 Å². The van der Waals surface area contributed by atoms with Gasteiger partial charge in [0.1, 0.15) is 11.5 Å². The second-order valence-electron chi connectivity index (χ2n) is 6.50. The van der Waals surface area contributed by atoms with Gasteiger partial charge in [-0.05, 0) is 42.5 Å². The van der Waals surface area contributed by atoms with Gasteiger partial charge in [0, 0.05) is 16.8 Å². The fraction of sp³-hybridized carbons (Fsp3) is 0.0952. The van der Waals surface area contributed by atoms with E-state index in [4.69, 9.17) is 26.4 Å². The van der Waals surface area contributed by atoms with Gasteiger partial charge in [0.15, 0.2) is 5.82 Å². The van der Waals surface area contributed by atoms with Crippen molar-refractivity contribution < 1.29 is 4.74 Å². The Morgan fingerprint density at radius 3 is 2.71 bits per heavy atom. The van der Waals surface area contributed by atoms with Crippen molar-refractivity contribution in [1.29, 1.82) is 0 Å². The predicted octanol–water partition coefficient (Wildman–Crippen LogP) is 3.52. The lowest BCUT2D eigenvalue weighted by Crippen LogP contribution is -2.23. The minimum absolute atomic E-state index is 0.226. The molecule has 28 heavy (non-hydrogen) atoms. The topological polar surface area (TPSA) is 61.4 Å². The number of nitrogens with zero attached hydrogens (tertiary/aromatic N) is 4. The lowest BCUT2D eigenvalue weighted by atomic mass is 10.1. The summed E-state index contributed by atoms with van der Waals surface area (Å²) in [5.41, 5.74) is 2.86. The van der Waals surface area contributed by atoms with Crippen LogP contribution in [0.15, 0.2) is 70.7 Å². The van der Waals surface area contributed by atoms with Crippen molar-refractivity contribution in [2.45, 2.75) is 6.54 Å². The van der Waals surface area contributed by atoms with Crippen LogP contribution in [0, 0.1) is 0 Å². The highest BCUT2D eigenvalue weighted by atomic mass is 35.5. The third kappa shape index (κ3) is 2.61. The smallest absolute Gasteiger partial charge is 0.282 e. The van der Waals surface area contributed by atoms with E-state index in [-0.39, 0.29) is 5.56 Å². The summed E-state index contributed by atoms with van der Waals surface area (Å²) in [4.78, 5) is 17.9. The van der Waals surface area contributed by atoms with Crippen LogP contribution in [0.3, 0.4) is 0 Å². The predicted molar refractivity (Wildman–Crippen MR) is 109 cm³/mol. The highest BCUT2D eigenvalue weighted by molar-refractivity contribution is 6.30. The van der Waals surface area contributed by atoms with Gasteiger partial charge in [-0.25, -0.2) is 4.98 Å². The summed E-state index contributed by atoms with van der Waals surface area (Å²) < 4.78 is 8.68. The second kappa shape index (κ2) is 6.35. The lowest BCUT2D eigenvalue weighted by Gasteiger charge is -2.09. The Morgan fingerprint density at radius 1 is 1.11 bits per heavy atom. The number of ether oxygens (including phenoxy) is 1. The van der Waals surface area contributed by atoms with Crippen LogP contribution in [-0.2, 0) is 6.54 Å². The number of rotatable bonds is 2. The van der Waals surface area contributed by atoms with Crippen molar-refractivity contribution in [2.75, 3.05) is 7.11 Å². The molecule has 3 heterocycles. The quantitative estimate of drug-likeness (QED) is 0.463. The molecule has 7 heteroatoms. The number of hydrogen-bond donors (Lipinski definition) is 0. The van der Waals surface area contributed by atoms with Gasteiger partial charge < -0.3 is 9.30 Å². The average molecular weight is 391 g/mol. The maximum atomic E-state index is 13.2. The van der Waals surface area contributed by atoms with E-state index >= 15 is 0 Å². The van der Waals surface area contributed by atoms with Crippen molar-refractivity contribution >= 4 is 28.2 Å². The monoisotopic (exact) mass is 390 g/mol. The van der Waals surface area contributed by atoms with E-state index in [1.54, 1.807) is 25.3 Å². The number of hydrogen-bond acceptors (Lipinski definition) is 4. The summed E-state index contributed by atoms with van der Waals surface area (Å²) in [7, 11) is 1.57. The van der Waals surface area contributed by atoms with Crippen LogP contribution in [0.4, 0.5) is 0 Å². The highest BCUT2D eigenvalue weighted by Crippen LogP contribution is 2.21. The third-order valence-corrected chi connectivity index (χ3v) is 5.07. The van der Waals surface area contributed by atoms with E-state index in [2.05, 4.69) is 0 Å². The van der Waals surface area contributed by atoms with Gasteiger partial charge >= 0.3 is 0 Å². The summed E-state index contributed by atoms with van der Waals surface area (Å²) in [5.74, 6) is 1.18. The number of methoxy groups -OCH3 is 1. The largest absolute Gasteiger partial charge is 0.497 e. The Kier molecular flexibility index (Phi) is 3.80. The molecule has 0 radical (unpaired) electrons. The molecule has 0 unspecified atom stereocenters. The van der Waals surface area contributed by atoms with Gasteiger partial charge in [-0.3, -0.25) is 4.79 Å². The molecule has 0 bridgehead atoms. The molecule has 0 spiro atoms. The molecule has 0 N–H and O–H groups in total. The Labute approximate surface area is 165 Å². The molecule has 138 valence electrons. The summed E-state index contributed by atoms with van der Waals surface area (Å²) >= 11 is 6.04. The standard InChI is InChI=1S/C21H15ClN4O2/c1-28-15-8-9-17-16(11-15)21(27)26-19(23-17)12-25-10-2-3-18(25)20(24-26)13-4-6-14(22)7-5-13/h2-11H,12H2,1H3. The van der Waals surface area contributed by atoms with Crippen molar-refractivity contribution in [3.05, 3.63) is 93.3 Å². The van der Waals surface area contributed by atoms with Crippen molar-refractivity contribution in [2.24, 2.45) is 5.10 Å². The van der Waals surface area contributed by atoms with Gasteiger partial charge in [0.05, 0.1) is 30.3 Å². The molecule has 0 fully saturated rings. The fourth-order valence-corrected chi connectivity index (χ4v) is 3.54. The van der Waals surface area contributed by atoms with E-state index in [0.717, 1.165) is 11.3 Å². The van der Waals surface area contributed by atoms with Crippen LogP contribution in [0.25, 0.3) is 10.9 Å². The molecule has 0 aliphatic carbocycles. The van der Waals surface area contributed by atoms with E-state index in [1.165, 1.54) is 4.68 Å². The van der Waals surface area contributed by atoms with Crippen LogP contribution in [0.5, 0.6) is 5.75 Å². The molecule has 4 aromatic rings. The Bertz CT molecular complexity index is 1300. The minimum atomic E-state index is -0.226. The molecule has 5 rings (SSSR count). The molecule has 1 aliphatic heterocycles. The molecule has 0 saturated carbocycles. The van der Waals surface area contributed by atoms with Gasteiger partial charge in [-0.15, -0.1) is 0 Å². The highest BCUT2D eigenvalue weighted by Gasteiger charge is 2.21. The molecule has 6 nitrogen and oxygen atoms in total. The van der Waals surface area contributed by atoms with Gasteiger partial charge in [-0.1, -0.05) is 23.7 Å². The van der Waals surface area contributed by atoms with Crippen LogP contribution >= 0.6 is 11.6 Å². The Balaban J connectivity index is 1.81. The van der Waals surface area contributed by atoms with E-state index in [9.17, 15) is 4.79 Å². The Morgan fingerprint density at radius 2 is 1.93 bits per heavy atom. The lowest BCUT2D eigenvalue weighted by molar-refractivity contribution is 0.415. The Hall–Kier alpha value is -3.38. The second-order valence-corrected chi connectivity index (χ2v) is 6.94. The van der Waals surface area contributed by atoms with Crippen molar-refractivity contribution in [3.63, 3.8) is 0 Å². The van der Waals surface area contributed by atoms with E-state index in [1.807, 2.05) is 47.2 Å². The molecule has 2 aromatic carbocycles. The van der Waals surface area contributed by atoms with Crippen LogP contribution in [0.2, 0.25) is 5.02 Å². The molecule has 0 amide bonds. The normalized spacial score (nSPS) is 12.9. The number of benzene rings is 2. The molecular formula is C21H15ClN4O2. The number of fused-ring (bicyclic) bond motifs is 3. The summed E-state index contributed by atoms with van der Waals surface area (Å²) in [5, 5.41) is 5.82. The molecule has 2 aromatic heterocycles. The maximum absolute atomic E-state index is 13.2. The van der Waals surface area contributed by atoms with Crippen LogP contribution in [0.1, 0.15) is 17.1 Å². The average Bonchev–Trinajstić information content (AvgIpc) is 3.10. The van der Waals surface area contributed by atoms with E-state index < -0.39 is 0 Å². The molecule has 0 saturated heterocycles. The zero-order valence-electron chi connectivity index (χ0n) is 15.0. The molecule has 0 atom stereocenters. The van der Waals surface area contributed by atoms with Crippen molar-refractivity contribution in [1.82, 2.24) is 14.2 Å². The first kappa shape index (κ1) is 16.8. The molecule has 1 aliphatic rings. The summed E-state index contributed by atoms with van der Waals surface area (Å²) in [6.45, 7) is 0.445. The third-order valence-electron chi connectivity index (χ3n) is 4.82. The van der Waals surface area contributed by atoms with Gasteiger partial charge in [0.2, 0.25) is 0 Å². The van der Waals surface area contributed by atoms with Crippen molar-refractivity contribution in [3.8, 4) is 5.75 Å². The molecular weight excluding hydrogens is 376 g/mol. The zero-order valence-corrected chi connectivity index (χ0v) is 15.7. The summed E-state index contributed by atoms with van der Waals surface area (Å²) in [6, 6.07) is 16.6. The first-order valence-corrected chi connectivity index (χ1v) is 9.12. The zero-order chi connectivity index (χ0) is 19.3. The first-order valence-electron chi connectivity index (χ1n) is 8.74. The number of halogens is 1. The van der Waals surface area contributed by atoms with Crippen LogP contribution < -0.4 is 10.3 Å². The number of aromatic nitrogens is 3.